The second-order valence-corrected chi connectivity index (χ2v) is 7.89. The summed E-state index contributed by atoms with van der Waals surface area (Å²) in [6, 6.07) is 9.68. The molecule has 1 aromatic rings. The molecule has 2 atom stereocenters. The summed E-state index contributed by atoms with van der Waals surface area (Å²) in [4.78, 5) is 2.48. The van der Waals surface area contributed by atoms with Gasteiger partial charge in [0.2, 0.25) is 0 Å². The summed E-state index contributed by atoms with van der Waals surface area (Å²) in [5.74, 6) is 0. The van der Waals surface area contributed by atoms with Crippen LogP contribution in [0.1, 0.15) is 52.6 Å². The van der Waals surface area contributed by atoms with Crippen molar-refractivity contribution in [1.82, 2.24) is 10.2 Å². The van der Waals surface area contributed by atoms with Crippen LogP contribution in [-0.4, -0.2) is 31.1 Å². The highest BCUT2D eigenvalue weighted by Crippen LogP contribution is 2.25. The van der Waals surface area contributed by atoms with Gasteiger partial charge in [-0.1, -0.05) is 55.8 Å². The molecule has 2 nitrogen and oxygen atoms in total. The fourth-order valence-corrected chi connectivity index (χ4v) is 2.78. The van der Waals surface area contributed by atoms with E-state index in [-0.39, 0.29) is 0 Å². The molecule has 0 aliphatic heterocycles. The SMILES string of the molecule is CCNC(CCN(C)C(C)C(C)(C)C)c1ccc(Br)cc1. The summed E-state index contributed by atoms with van der Waals surface area (Å²) in [5, 5.41) is 3.61. The van der Waals surface area contributed by atoms with Gasteiger partial charge in [-0.25, -0.2) is 0 Å². The first kappa shape index (κ1) is 18.7. The minimum absolute atomic E-state index is 0.319. The molecule has 0 saturated carbocycles. The maximum Gasteiger partial charge on any atom is 0.0332 e. The van der Waals surface area contributed by atoms with Crippen LogP contribution in [0.2, 0.25) is 0 Å². The number of halogens is 1. The van der Waals surface area contributed by atoms with E-state index in [0.717, 1.165) is 24.0 Å². The highest BCUT2D eigenvalue weighted by atomic mass is 79.9. The summed E-state index contributed by atoms with van der Waals surface area (Å²) >= 11 is 3.51. The predicted octanol–water partition coefficient (Wildman–Crippen LogP) is 4.86. The van der Waals surface area contributed by atoms with Crippen LogP contribution < -0.4 is 5.32 Å². The van der Waals surface area contributed by atoms with Crippen LogP contribution in [0.3, 0.4) is 0 Å². The molecule has 0 fully saturated rings. The van der Waals surface area contributed by atoms with E-state index in [1.807, 2.05) is 0 Å². The number of hydrogen-bond acceptors (Lipinski definition) is 2. The van der Waals surface area contributed by atoms with Crippen molar-refractivity contribution < 1.29 is 0 Å². The maximum absolute atomic E-state index is 3.61. The molecule has 1 aromatic carbocycles. The zero-order valence-electron chi connectivity index (χ0n) is 14.4. The first-order chi connectivity index (χ1) is 9.75. The van der Waals surface area contributed by atoms with Gasteiger partial charge in [-0.15, -0.1) is 0 Å². The van der Waals surface area contributed by atoms with E-state index in [9.17, 15) is 0 Å². The molecule has 0 spiro atoms. The van der Waals surface area contributed by atoms with Crippen molar-refractivity contribution in [3.8, 4) is 0 Å². The van der Waals surface area contributed by atoms with Gasteiger partial charge in [-0.05, 0) is 56.6 Å². The Kier molecular flexibility index (Phi) is 7.38. The van der Waals surface area contributed by atoms with Gasteiger partial charge in [0, 0.05) is 16.6 Å². The smallest absolute Gasteiger partial charge is 0.0332 e. The zero-order valence-corrected chi connectivity index (χ0v) is 16.0. The highest BCUT2D eigenvalue weighted by Gasteiger charge is 2.24. The Labute approximate surface area is 139 Å². The van der Waals surface area contributed by atoms with Gasteiger partial charge in [0.05, 0.1) is 0 Å². The van der Waals surface area contributed by atoms with Gasteiger partial charge in [0.25, 0.3) is 0 Å². The fourth-order valence-electron chi connectivity index (χ4n) is 2.52. The molecule has 120 valence electrons. The average molecular weight is 355 g/mol. The molecule has 0 aromatic heterocycles. The molecule has 0 bridgehead atoms. The molecule has 1 rings (SSSR count). The third-order valence-electron chi connectivity index (χ3n) is 4.41. The Balaban J connectivity index is 2.65. The first-order valence-corrected chi connectivity index (χ1v) is 8.74. The molecule has 0 radical (unpaired) electrons. The minimum Gasteiger partial charge on any atom is -0.310 e. The lowest BCUT2D eigenvalue weighted by Crippen LogP contribution is -2.40. The summed E-state index contributed by atoms with van der Waals surface area (Å²) in [6.07, 6.45) is 1.13. The third-order valence-corrected chi connectivity index (χ3v) is 4.94. The van der Waals surface area contributed by atoms with Crippen LogP contribution in [0.5, 0.6) is 0 Å². The molecule has 0 saturated heterocycles. The number of rotatable bonds is 7. The molecule has 1 N–H and O–H groups in total. The van der Waals surface area contributed by atoms with Gasteiger partial charge in [0.1, 0.15) is 0 Å². The predicted molar refractivity (Wildman–Crippen MR) is 96.7 cm³/mol. The third kappa shape index (κ3) is 6.09. The molecule has 0 aliphatic rings. The van der Waals surface area contributed by atoms with E-state index in [1.165, 1.54) is 5.56 Å². The molecule has 21 heavy (non-hydrogen) atoms. The largest absolute Gasteiger partial charge is 0.310 e. The lowest BCUT2D eigenvalue weighted by molar-refractivity contribution is 0.136. The molecule has 0 heterocycles. The van der Waals surface area contributed by atoms with Gasteiger partial charge in [-0.2, -0.15) is 0 Å². The maximum atomic E-state index is 3.61. The average Bonchev–Trinajstić information content (AvgIpc) is 2.42. The summed E-state index contributed by atoms with van der Waals surface area (Å²) in [6.45, 7) is 13.5. The number of hydrogen-bond donors (Lipinski definition) is 1. The fraction of sp³-hybridized carbons (Fsp3) is 0.667. The van der Waals surface area contributed by atoms with E-state index in [0.29, 0.717) is 17.5 Å². The quantitative estimate of drug-likeness (QED) is 0.752. The summed E-state index contributed by atoms with van der Waals surface area (Å²) < 4.78 is 1.14. The van der Waals surface area contributed by atoms with Crippen molar-refractivity contribution in [1.29, 1.82) is 0 Å². The first-order valence-electron chi connectivity index (χ1n) is 7.94. The lowest BCUT2D eigenvalue weighted by Gasteiger charge is -2.36. The van der Waals surface area contributed by atoms with E-state index in [2.05, 4.69) is 92.1 Å². The van der Waals surface area contributed by atoms with Crippen LogP contribution >= 0.6 is 15.9 Å². The zero-order chi connectivity index (χ0) is 16.0. The normalized spacial score (nSPS) is 15.2. The lowest BCUT2D eigenvalue weighted by atomic mass is 9.87. The van der Waals surface area contributed by atoms with E-state index in [1.54, 1.807) is 0 Å². The molecule has 2 unspecified atom stereocenters. The number of benzene rings is 1. The monoisotopic (exact) mass is 354 g/mol. The Morgan fingerprint density at radius 2 is 1.76 bits per heavy atom. The standard InChI is InChI=1S/C18H31BrN2/c1-7-20-17(15-8-10-16(19)11-9-15)12-13-21(6)14(2)18(3,4)5/h8-11,14,17,20H,7,12-13H2,1-6H3. The molecule has 0 aliphatic carbocycles. The van der Waals surface area contributed by atoms with E-state index in [4.69, 9.17) is 0 Å². The van der Waals surface area contributed by atoms with Crippen molar-refractivity contribution >= 4 is 15.9 Å². The van der Waals surface area contributed by atoms with Crippen molar-refractivity contribution in [2.45, 2.75) is 53.1 Å². The highest BCUT2D eigenvalue weighted by molar-refractivity contribution is 9.10. The molecule has 0 amide bonds. The van der Waals surface area contributed by atoms with Gasteiger partial charge >= 0.3 is 0 Å². The van der Waals surface area contributed by atoms with Crippen LogP contribution in [0.4, 0.5) is 0 Å². The molecular weight excluding hydrogens is 324 g/mol. The Bertz CT molecular complexity index is 408. The molecular formula is C18H31BrN2. The Morgan fingerprint density at radius 1 is 1.19 bits per heavy atom. The van der Waals surface area contributed by atoms with Crippen molar-refractivity contribution in [2.75, 3.05) is 20.1 Å². The van der Waals surface area contributed by atoms with Crippen molar-refractivity contribution in [3.63, 3.8) is 0 Å². The van der Waals surface area contributed by atoms with Crippen LogP contribution in [0.25, 0.3) is 0 Å². The molecule has 3 heteroatoms. The summed E-state index contributed by atoms with van der Waals surface area (Å²) in [7, 11) is 2.24. The van der Waals surface area contributed by atoms with Crippen molar-refractivity contribution in [3.05, 3.63) is 34.3 Å². The van der Waals surface area contributed by atoms with Gasteiger partial charge < -0.3 is 10.2 Å². The van der Waals surface area contributed by atoms with Crippen LogP contribution in [0, 0.1) is 5.41 Å². The summed E-state index contributed by atoms with van der Waals surface area (Å²) in [5.41, 5.74) is 1.69. The van der Waals surface area contributed by atoms with Crippen LogP contribution in [0.15, 0.2) is 28.7 Å². The minimum atomic E-state index is 0.319. The van der Waals surface area contributed by atoms with E-state index >= 15 is 0 Å². The van der Waals surface area contributed by atoms with Crippen molar-refractivity contribution in [2.24, 2.45) is 5.41 Å². The number of nitrogens with zero attached hydrogens (tertiary/aromatic N) is 1. The van der Waals surface area contributed by atoms with E-state index < -0.39 is 0 Å². The topological polar surface area (TPSA) is 15.3 Å². The number of nitrogens with one attached hydrogen (secondary N) is 1. The van der Waals surface area contributed by atoms with Gasteiger partial charge in [-0.3, -0.25) is 0 Å². The Morgan fingerprint density at radius 3 is 2.24 bits per heavy atom. The second-order valence-electron chi connectivity index (χ2n) is 6.97. The van der Waals surface area contributed by atoms with Crippen LogP contribution in [-0.2, 0) is 0 Å². The second kappa shape index (κ2) is 8.30. The van der Waals surface area contributed by atoms with Gasteiger partial charge in [0.15, 0.2) is 0 Å². The Hall–Kier alpha value is -0.380.